The Morgan fingerprint density at radius 1 is 1.50 bits per heavy atom. The van der Waals surface area contributed by atoms with Gasteiger partial charge in [0.2, 0.25) is 0 Å². The summed E-state index contributed by atoms with van der Waals surface area (Å²) in [5.41, 5.74) is 1.32. The van der Waals surface area contributed by atoms with Crippen LogP contribution in [0.1, 0.15) is 68.5 Å². The van der Waals surface area contributed by atoms with E-state index in [1.807, 2.05) is 11.3 Å². The van der Waals surface area contributed by atoms with Crippen LogP contribution in [0.3, 0.4) is 0 Å². The molecule has 0 aromatic carbocycles. The zero-order valence-corrected chi connectivity index (χ0v) is 9.94. The lowest BCUT2D eigenvalue weighted by atomic mass is 10.1. The summed E-state index contributed by atoms with van der Waals surface area (Å²) in [5.74, 6) is 1.43. The molecule has 1 saturated carbocycles. The molecule has 1 heterocycles. The third-order valence-electron chi connectivity index (χ3n) is 3.36. The minimum Gasteiger partial charge on any atom is -0.246 e. The fourth-order valence-corrected chi connectivity index (χ4v) is 3.21. The molecule has 1 nitrogen and oxygen atoms in total. The Bertz CT molecular complexity index is 286. The van der Waals surface area contributed by atoms with Crippen LogP contribution in [0.2, 0.25) is 0 Å². The maximum Gasteiger partial charge on any atom is 0.0959 e. The molecule has 2 rings (SSSR count). The molecular weight excluding hydrogens is 190 g/mol. The standard InChI is InChI=1S/C12H19NS/c1-3-9(2)11-8-14-12(13-11)10-6-4-5-7-10/h8-10H,3-7H2,1-2H3. The summed E-state index contributed by atoms with van der Waals surface area (Å²) in [4.78, 5) is 4.78. The van der Waals surface area contributed by atoms with E-state index in [4.69, 9.17) is 4.98 Å². The van der Waals surface area contributed by atoms with E-state index in [2.05, 4.69) is 19.2 Å². The average molecular weight is 209 g/mol. The topological polar surface area (TPSA) is 12.9 Å². The van der Waals surface area contributed by atoms with Crippen LogP contribution in [0.5, 0.6) is 0 Å². The molecule has 1 fully saturated rings. The monoisotopic (exact) mass is 209 g/mol. The summed E-state index contributed by atoms with van der Waals surface area (Å²) >= 11 is 1.88. The molecule has 1 aliphatic carbocycles. The van der Waals surface area contributed by atoms with Gasteiger partial charge in [0.1, 0.15) is 0 Å². The Kier molecular flexibility index (Phi) is 3.22. The van der Waals surface area contributed by atoms with Gasteiger partial charge < -0.3 is 0 Å². The van der Waals surface area contributed by atoms with Gasteiger partial charge >= 0.3 is 0 Å². The first-order valence-corrected chi connectivity index (χ1v) is 6.64. The lowest BCUT2D eigenvalue weighted by molar-refractivity contribution is 0.680. The van der Waals surface area contributed by atoms with Crippen molar-refractivity contribution in [3.8, 4) is 0 Å². The van der Waals surface area contributed by atoms with E-state index in [0.717, 1.165) is 5.92 Å². The van der Waals surface area contributed by atoms with Gasteiger partial charge in [-0.15, -0.1) is 11.3 Å². The molecule has 1 aromatic heterocycles. The van der Waals surface area contributed by atoms with Gasteiger partial charge in [-0.1, -0.05) is 26.7 Å². The number of nitrogens with zero attached hydrogens (tertiary/aromatic N) is 1. The van der Waals surface area contributed by atoms with Crippen molar-refractivity contribution in [1.82, 2.24) is 4.98 Å². The van der Waals surface area contributed by atoms with Crippen LogP contribution in [-0.2, 0) is 0 Å². The van der Waals surface area contributed by atoms with Crippen molar-refractivity contribution in [3.63, 3.8) is 0 Å². The summed E-state index contributed by atoms with van der Waals surface area (Å²) in [6.45, 7) is 4.51. The van der Waals surface area contributed by atoms with Gasteiger partial charge in [-0.25, -0.2) is 4.98 Å². The smallest absolute Gasteiger partial charge is 0.0959 e. The highest BCUT2D eigenvalue weighted by Gasteiger charge is 2.20. The largest absolute Gasteiger partial charge is 0.246 e. The highest BCUT2D eigenvalue weighted by Crippen LogP contribution is 2.36. The van der Waals surface area contributed by atoms with Gasteiger partial charge in [0.15, 0.2) is 0 Å². The third-order valence-corrected chi connectivity index (χ3v) is 4.39. The molecular formula is C12H19NS. The van der Waals surface area contributed by atoms with Crippen LogP contribution >= 0.6 is 11.3 Å². The highest BCUT2D eigenvalue weighted by molar-refractivity contribution is 7.09. The predicted octanol–water partition coefficient (Wildman–Crippen LogP) is 4.31. The van der Waals surface area contributed by atoms with Crippen molar-refractivity contribution in [2.75, 3.05) is 0 Å². The first-order valence-electron chi connectivity index (χ1n) is 5.76. The fourth-order valence-electron chi connectivity index (χ4n) is 2.10. The highest BCUT2D eigenvalue weighted by atomic mass is 32.1. The van der Waals surface area contributed by atoms with E-state index in [1.54, 1.807) is 0 Å². The second-order valence-electron chi connectivity index (χ2n) is 4.40. The first kappa shape index (κ1) is 10.2. The van der Waals surface area contributed by atoms with Crippen LogP contribution in [-0.4, -0.2) is 4.98 Å². The second kappa shape index (κ2) is 4.43. The summed E-state index contributed by atoms with van der Waals surface area (Å²) in [5, 5.41) is 3.67. The van der Waals surface area contributed by atoms with Gasteiger partial charge in [-0.05, 0) is 25.2 Å². The molecule has 1 aromatic rings. The fraction of sp³-hybridized carbons (Fsp3) is 0.750. The molecule has 0 N–H and O–H groups in total. The minimum absolute atomic E-state index is 0.640. The van der Waals surface area contributed by atoms with Gasteiger partial charge in [0, 0.05) is 11.3 Å². The van der Waals surface area contributed by atoms with E-state index in [0.29, 0.717) is 5.92 Å². The molecule has 1 atom stereocenters. The molecule has 0 saturated heterocycles. The number of hydrogen-bond acceptors (Lipinski definition) is 2. The second-order valence-corrected chi connectivity index (χ2v) is 5.29. The first-order chi connectivity index (χ1) is 6.81. The van der Waals surface area contributed by atoms with Crippen molar-refractivity contribution in [1.29, 1.82) is 0 Å². The van der Waals surface area contributed by atoms with E-state index < -0.39 is 0 Å². The third kappa shape index (κ3) is 2.00. The molecule has 14 heavy (non-hydrogen) atoms. The van der Waals surface area contributed by atoms with Gasteiger partial charge in [-0.3, -0.25) is 0 Å². The molecule has 0 bridgehead atoms. The van der Waals surface area contributed by atoms with Gasteiger partial charge in [-0.2, -0.15) is 0 Å². The minimum atomic E-state index is 0.640. The average Bonchev–Trinajstić information content (AvgIpc) is 2.86. The maximum atomic E-state index is 4.78. The molecule has 2 heteroatoms. The zero-order valence-electron chi connectivity index (χ0n) is 9.12. The van der Waals surface area contributed by atoms with Gasteiger partial charge in [0.05, 0.1) is 10.7 Å². The SMILES string of the molecule is CCC(C)c1csc(C2CCCC2)n1. The van der Waals surface area contributed by atoms with E-state index in [9.17, 15) is 0 Å². The molecule has 1 unspecified atom stereocenters. The van der Waals surface area contributed by atoms with Crippen LogP contribution in [0, 0.1) is 0 Å². The van der Waals surface area contributed by atoms with Crippen molar-refractivity contribution < 1.29 is 0 Å². The van der Waals surface area contributed by atoms with Crippen molar-refractivity contribution in [2.45, 2.75) is 57.8 Å². The molecule has 0 radical (unpaired) electrons. The number of aromatic nitrogens is 1. The molecule has 0 amide bonds. The van der Waals surface area contributed by atoms with Crippen molar-refractivity contribution in [2.24, 2.45) is 0 Å². The maximum absolute atomic E-state index is 4.78. The number of rotatable bonds is 3. The summed E-state index contributed by atoms with van der Waals surface area (Å²) in [6.07, 6.45) is 6.75. The molecule has 0 aliphatic heterocycles. The van der Waals surface area contributed by atoms with E-state index in [-0.39, 0.29) is 0 Å². The van der Waals surface area contributed by atoms with E-state index >= 15 is 0 Å². The normalized spacial score (nSPS) is 20.1. The van der Waals surface area contributed by atoms with Crippen LogP contribution < -0.4 is 0 Å². The Labute approximate surface area is 90.6 Å². The van der Waals surface area contributed by atoms with Crippen molar-refractivity contribution in [3.05, 3.63) is 16.1 Å². The lowest BCUT2D eigenvalue weighted by Gasteiger charge is -2.05. The predicted molar refractivity (Wildman–Crippen MR) is 62.0 cm³/mol. The number of thiazole rings is 1. The Morgan fingerprint density at radius 2 is 2.21 bits per heavy atom. The summed E-state index contributed by atoms with van der Waals surface area (Å²) in [7, 11) is 0. The van der Waals surface area contributed by atoms with E-state index in [1.165, 1.54) is 42.8 Å². The Hall–Kier alpha value is -0.370. The van der Waals surface area contributed by atoms with Crippen LogP contribution in [0.15, 0.2) is 5.38 Å². The van der Waals surface area contributed by atoms with Crippen LogP contribution in [0.4, 0.5) is 0 Å². The van der Waals surface area contributed by atoms with Gasteiger partial charge in [0.25, 0.3) is 0 Å². The molecule has 1 aliphatic rings. The van der Waals surface area contributed by atoms with Crippen molar-refractivity contribution >= 4 is 11.3 Å². The quantitative estimate of drug-likeness (QED) is 0.722. The number of hydrogen-bond donors (Lipinski definition) is 0. The lowest BCUT2D eigenvalue weighted by Crippen LogP contribution is -1.95. The van der Waals surface area contributed by atoms with Crippen LogP contribution in [0.25, 0.3) is 0 Å². The molecule has 0 spiro atoms. The Morgan fingerprint density at radius 3 is 2.86 bits per heavy atom. The summed E-state index contributed by atoms with van der Waals surface area (Å²) in [6, 6.07) is 0. The summed E-state index contributed by atoms with van der Waals surface area (Å²) < 4.78 is 0. The molecule has 78 valence electrons. The Balaban J connectivity index is 2.08. The zero-order chi connectivity index (χ0) is 9.97.